The zero-order valence-electron chi connectivity index (χ0n) is 14.9. The maximum absolute atomic E-state index is 12.2. The number of amides is 1. The number of hydrogen-bond acceptors (Lipinski definition) is 5. The summed E-state index contributed by atoms with van der Waals surface area (Å²) in [4.78, 5) is 21.1. The number of rotatable bonds is 7. The van der Waals surface area contributed by atoms with Crippen LogP contribution in [0.3, 0.4) is 0 Å². The molecule has 7 nitrogen and oxygen atoms in total. The first-order chi connectivity index (χ1) is 12.2. The molecule has 0 bridgehead atoms. The number of ether oxygens (including phenoxy) is 1. The second kappa shape index (κ2) is 10.8. The number of nitrogens with one attached hydrogen (secondary N) is 1. The zero-order chi connectivity index (χ0) is 17.6. The number of nitrogens with zero attached hydrogens (tertiary/aromatic N) is 3. The highest BCUT2D eigenvalue weighted by molar-refractivity contribution is 5.95. The van der Waals surface area contributed by atoms with Crippen molar-refractivity contribution in [1.29, 1.82) is 0 Å². The lowest BCUT2D eigenvalue weighted by Gasteiger charge is -2.13. The third kappa shape index (κ3) is 5.64. The lowest BCUT2D eigenvalue weighted by atomic mass is 10.2. The van der Waals surface area contributed by atoms with Gasteiger partial charge >= 0.3 is 0 Å². The summed E-state index contributed by atoms with van der Waals surface area (Å²) in [6.45, 7) is 0.798. The number of para-hydroxylation sites is 2. The molecule has 3 rings (SSSR count). The van der Waals surface area contributed by atoms with Crippen LogP contribution in [0.25, 0.3) is 11.0 Å². The van der Waals surface area contributed by atoms with Crippen LogP contribution in [-0.2, 0) is 22.5 Å². The highest BCUT2D eigenvalue weighted by atomic mass is 35.5. The summed E-state index contributed by atoms with van der Waals surface area (Å²) in [5, 5.41) is 2.81. The molecule has 2 aromatic heterocycles. The molecule has 0 radical (unpaired) electrons. The summed E-state index contributed by atoms with van der Waals surface area (Å²) < 4.78 is 6.91. The molecule has 9 heteroatoms. The molecular weight excluding hydrogens is 389 g/mol. The average molecular weight is 412 g/mol. The Morgan fingerprint density at radius 1 is 1.22 bits per heavy atom. The summed E-state index contributed by atoms with van der Waals surface area (Å²) in [5.74, 6) is 0.157. The Kier molecular flexibility index (Phi) is 9.17. The van der Waals surface area contributed by atoms with Gasteiger partial charge in [-0.3, -0.25) is 15.1 Å². The number of aryl methyl sites for hydroxylation is 2. The van der Waals surface area contributed by atoms with Crippen LogP contribution in [0.2, 0.25) is 0 Å². The maximum Gasteiger partial charge on any atom is 0.245 e. The van der Waals surface area contributed by atoms with Crippen LogP contribution in [0.1, 0.15) is 5.69 Å². The topological polar surface area (TPSA) is 95.1 Å². The van der Waals surface area contributed by atoms with Gasteiger partial charge in [0.2, 0.25) is 11.9 Å². The molecule has 0 aliphatic heterocycles. The van der Waals surface area contributed by atoms with Crippen molar-refractivity contribution in [2.75, 3.05) is 19.0 Å². The molecule has 0 spiro atoms. The predicted molar refractivity (Wildman–Crippen MR) is 111 cm³/mol. The van der Waals surface area contributed by atoms with Crippen molar-refractivity contribution in [3.63, 3.8) is 0 Å². The first-order valence-corrected chi connectivity index (χ1v) is 8.09. The number of imidazole rings is 1. The minimum absolute atomic E-state index is 0. The molecule has 1 atom stereocenters. The molecule has 1 unspecified atom stereocenters. The number of anilines is 1. The first kappa shape index (κ1) is 22.9. The minimum atomic E-state index is -0.742. The fourth-order valence-corrected chi connectivity index (χ4v) is 2.63. The zero-order valence-corrected chi connectivity index (χ0v) is 16.5. The van der Waals surface area contributed by atoms with E-state index in [-0.39, 0.29) is 37.3 Å². The summed E-state index contributed by atoms with van der Waals surface area (Å²) in [6, 6.07) is 12.8. The summed E-state index contributed by atoms with van der Waals surface area (Å²) in [7, 11) is 1.51. The van der Waals surface area contributed by atoms with Crippen LogP contribution in [-0.4, -0.2) is 40.2 Å². The van der Waals surface area contributed by atoms with Crippen LogP contribution in [0.15, 0.2) is 48.7 Å². The minimum Gasteiger partial charge on any atom is -0.383 e. The normalized spacial score (nSPS) is 11.3. The van der Waals surface area contributed by atoms with Crippen molar-refractivity contribution in [1.82, 2.24) is 14.5 Å². The number of aromatic nitrogens is 3. The molecule has 0 saturated heterocycles. The maximum atomic E-state index is 12.2. The largest absolute Gasteiger partial charge is 0.383 e. The van der Waals surface area contributed by atoms with Gasteiger partial charge in [-0.15, -0.1) is 24.8 Å². The molecule has 0 aliphatic rings. The summed E-state index contributed by atoms with van der Waals surface area (Å²) >= 11 is 0. The van der Waals surface area contributed by atoms with Crippen LogP contribution in [0.4, 0.5) is 5.95 Å². The second-order valence-corrected chi connectivity index (χ2v) is 5.70. The van der Waals surface area contributed by atoms with Gasteiger partial charge in [-0.2, -0.15) is 0 Å². The number of nitrogens with two attached hydrogens (primary N) is 1. The number of fused-ring (bicyclic) bond motifs is 1. The number of carbonyl (C=O) groups excluding carboxylic acids is 1. The Morgan fingerprint density at radius 2 is 1.96 bits per heavy atom. The summed E-state index contributed by atoms with van der Waals surface area (Å²) in [6.07, 6.45) is 2.50. The predicted octanol–water partition coefficient (Wildman–Crippen LogP) is 2.43. The molecular formula is C18H23Cl2N5O2. The van der Waals surface area contributed by atoms with E-state index in [1.165, 1.54) is 7.11 Å². The standard InChI is InChI=1S/C18H21N5O2.2ClH/c1-25-12-14(19)17(24)22-18-21-15-7-2-3-8-16(15)23(18)11-9-13-6-4-5-10-20-13;;/h2-8,10,14H,9,11-12,19H2,1H3,(H,21,22,24);2*1H. The van der Waals surface area contributed by atoms with E-state index >= 15 is 0 Å². The van der Waals surface area contributed by atoms with Gasteiger partial charge < -0.3 is 15.0 Å². The number of pyridine rings is 1. The van der Waals surface area contributed by atoms with Crippen LogP contribution >= 0.6 is 24.8 Å². The lowest BCUT2D eigenvalue weighted by Crippen LogP contribution is -2.39. The lowest BCUT2D eigenvalue weighted by molar-refractivity contribution is -0.118. The van der Waals surface area contributed by atoms with E-state index in [1.807, 2.05) is 47.0 Å². The van der Waals surface area contributed by atoms with Crippen molar-refractivity contribution in [2.24, 2.45) is 5.73 Å². The fraction of sp³-hybridized carbons (Fsp3) is 0.278. The first-order valence-electron chi connectivity index (χ1n) is 8.09. The third-order valence-electron chi connectivity index (χ3n) is 3.89. The molecule has 146 valence electrons. The van der Waals surface area contributed by atoms with E-state index in [0.29, 0.717) is 12.5 Å². The van der Waals surface area contributed by atoms with E-state index in [9.17, 15) is 4.79 Å². The number of benzene rings is 1. The van der Waals surface area contributed by atoms with Gasteiger partial charge in [-0.1, -0.05) is 18.2 Å². The van der Waals surface area contributed by atoms with Crippen molar-refractivity contribution in [2.45, 2.75) is 19.0 Å². The number of hydrogen-bond donors (Lipinski definition) is 2. The molecule has 0 saturated carbocycles. The SMILES string of the molecule is COCC(N)C(=O)Nc1nc2ccccc2n1CCc1ccccn1.Cl.Cl. The van der Waals surface area contributed by atoms with Gasteiger partial charge in [0.05, 0.1) is 17.6 Å². The second-order valence-electron chi connectivity index (χ2n) is 5.70. The third-order valence-corrected chi connectivity index (χ3v) is 3.89. The Balaban J connectivity index is 0.00000182. The van der Waals surface area contributed by atoms with Crippen LogP contribution in [0.5, 0.6) is 0 Å². The van der Waals surface area contributed by atoms with E-state index in [0.717, 1.165) is 23.1 Å². The molecule has 1 aromatic carbocycles. The van der Waals surface area contributed by atoms with Gasteiger partial charge in [0.15, 0.2) is 0 Å². The van der Waals surface area contributed by atoms with Crippen LogP contribution in [0, 0.1) is 0 Å². The van der Waals surface area contributed by atoms with Gasteiger partial charge in [0.25, 0.3) is 0 Å². The molecule has 0 aliphatic carbocycles. The quantitative estimate of drug-likeness (QED) is 0.622. The van der Waals surface area contributed by atoms with Crippen molar-refractivity contribution >= 4 is 47.7 Å². The molecule has 3 N–H and O–H groups in total. The van der Waals surface area contributed by atoms with Crippen molar-refractivity contribution in [3.05, 3.63) is 54.4 Å². The molecule has 27 heavy (non-hydrogen) atoms. The molecule has 3 aromatic rings. The van der Waals surface area contributed by atoms with Gasteiger partial charge in [0.1, 0.15) is 6.04 Å². The Morgan fingerprint density at radius 3 is 2.67 bits per heavy atom. The molecule has 1 amide bonds. The molecule has 2 heterocycles. The monoisotopic (exact) mass is 411 g/mol. The number of halogens is 2. The molecule has 0 fully saturated rings. The van der Waals surface area contributed by atoms with Crippen LogP contribution < -0.4 is 11.1 Å². The Labute approximate surface area is 170 Å². The van der Waals surface area contributed by atoms with E-state index < -0.39 is 6.04 Å². The highest BCUT2D eigenvalue weighted by Crippen LogP contribution is 2.20. The van der Waals surface area contributed by atoms with Gasteiger partial charge in [-0.25, -0.2) is 4.98 Å². The fourth-order valence-electron chi connectivity index (χ4n) is 2.63. The van der Waals surface area contributed by atoms with Gasteiger partial charge in [-0.05, 0) is 24.3 Å². The van der Waals surface area contributed by atoms with E-state index in [4.69, 9.17) is 10.5 Å². The number of methoxy groups -OCH3 is 1. The van der Waals surface area contributed by atoms with E-state index in [2.05, 4.69) is 15.3 Å². The summed E-state index contributed by atoms with van der Waals surface area (Å²) in [5.41, 5.74) is 8.55. The van der Waals surface area contributed by atoms with Crippen molar-refractivity contribution in [3.8, 4) is 0 Å². The highest BCUT2D eigenvalue weighted by Gasteiger charge is 2.18. The number of carbonyl (C=O) groups is 1. The van der Waals surface area contributed by atoms with E-state index in [1.54, 1.807) is 6.20 Å². The van der Waals surface area contributed by atoms with Crippen molar-refractivity contribution < 1.29 is 9.53 Å². The van der Waals surface area contributed by atoms with Gasteiger partial charge in [0, 0.05) is 32.0 Å². The average Bonchev–Trinajstić information content (AvgIpc) is 2.98. The smallest absolute Gasteiger partial charge is 0.245 e. The Hall–Kier alpha value is -2.19. The Bertz CT molecular complexity index is 857.